The maximum atomic E-state index is 13.4. The van der Waals surface area contributed by atoms with E-state index in [0.717, 1.165) is 34.5 Å². The number of benzene rings is 2. The molecule has 2 aromatic heterocycles. The van der Waals surface area contributed by atoms with Gasteiger partial charge in [0.2, 0.25) is 5.91 Å². The Hall–Kier alpha value is -3.25. The van der Waals surface area contributed by atoms with Gasteiger partial charge in [-0.3, -0.25) is 14.2 Å². The Balaban J connectivity index is 1.54. The lowest BCUT2D eigenvalue weighted by atomic mass is 10.0. The van der Waals surface area contributed by atoms with Crippen molar-refractivity contribution in [2.75, 3.05) is 11.4 Å². The molecule has 5 nitrogen and oxygen atoms in total. The fourth-order valence-corrected chi connectivity index (χ4v) is 5.35. The van der Waals surface area contributed by atoms with Crippen molar-refractivity contribution in [2.24, 2.45) is 0 Å². The Morgan fingerprint density at radius 3 is 2.68 bits per heavy atom. The Morgan fingerprint density at radius 2 is 1.87 bits per heavy atom. The summed E-state index contributed by atoms with van der Waals surface area (Å²) in [6.07, 6.45) is 3.41. The van der Waals surface area contributed by atoms with Gasteiger partial charge in [0, 0.05) is 22.7 Å². The van der Waals surface area contributed by atoms with Gasteiger partial charge in [0.25, 0.3) is 5.56 Å². The molecule has 5 rings (SSSR count). The molecule has 1 aliphatic heterocycles. The molecule has 0 saturated carbocycles. The van der Waals surface area contributed by atoms with Crippen LogP contribution in [0.25, 0.3) is 21.3 Å². The standard InChI is InChI=1S/C25H23N3O2S/c1-16-9-11-19(12-10-16)22-17(2)31-24-23(22)25(30)27(15-26-24)14-21(29)28-13-5-7-18-6-3-4-8-20(18)28/h3-4,6,8-12,15H,5,7,13-14H2,1-2H3. The summed E-state index contributed by atoms with van der Waals surface area (Å²) in [6.45, 7) is 4.72. The van der Waals surface area contributed by atoms with Crippen LogP contribution in [0.4, 0.5) is 5.69 Å². The smallest absolute Gasteiger partial charge is 0.263 e. The lowest BCUT2D eigenvalue weighted by Gasteiger charge is -2.29. The van der Waals surface area contributed by atoms with Crippen molar-refractivity contribution in [2.45, 2.75) is 33.2 Å². The summed E-state index contributed by atoms with van der Waals surface area (Å²) in [5.74, 6) is -0.0840. The number of aryl methyl sites for hydroxylation is 3. The molecule has 0 unspecified atom stereocenters. The van der Waals surface area contributed by atoms with Gasteiger partial charge in [-0.25, -0.2) is 4.98 Å². The summed E-state index contributed by atoms with van der Waals surface area (Å²) in [7, 11) is 0. The molecule has 4 aromatic rings. The van der Waals surface area contributed by atoms with E-state index in [4.69, 9.17) is 0 Å². The van der Waals surface area contributed by atoms with Crippen molar-refractivity contribution in [3.63, 3.8) is 0 Å². The van der Waals surface area contributed by atoms with Gasteiger partial charge < -0.3 is 4.90 Å². The van der Waals surface area contributed by atoms with Crippen molar-refractivity contribution in [3.05, 3.63) is 81.2 Å². The molecule has 0 aliphatic carbocycles. The van der Waals surface area contributed by atoms with Crippen molar-refractivity contribution in [1.29, 1.82) is 0 Å². The molecule has 0 radical (unpaired) electrons. The lowest BCUT2D eigenvalue weighted by molar-refractivity contribution is -0.119. The van der Waals surface area contributed by atoms with Crippen LogP contribution in [0.5, 0.6) is 0 Å². The van der Waals surface area contributed by atoms with Crippen LogP contribution in [0.3, 0.4) is 0 Å². The summed E-state index contributed by atoms with van der Waals surface area (Å²) in [5.41, 5.74) is 5.06. The number of hydrogen-bond donors (Lipinski definition) is 0. The molecule has 0 atom stereocenters. The molecular weight excluding hydrogens is 406 g/mol. The van der Waals surface area contributed by atoms with Crippen molar-refractivity contribution >= 4 is 33.1 Å². The number of amides is 1. The number of rotatable bonds is 3. The highest BCUT2D eigenvalue weighted by Crippen LogP contribution is 2.35. The second-order valence-corrected chi connectivity index (χ2v) is 9.24. The van der Waals surface area contributed by atoms with Gasteiger partial charge in [-0.2, -0.15) is 0 Å². The van der Waals surface area contributed by atoms with Gasteiger partial charge in [-0.05, 0) is 43.9 Å². The van der Waals surface area contributed by atoms with Crippen LogP contribution in [0.2, 0.25) is 0 Å². The van der Waals surface area contributed by atoms with Crippen LogP contribution in [-0.4, -0.2) is 22.0 Å². The molecule has 156 valence electrons. The van der Waals surface area contributed by atoms with Gasteiger partial charge in [0.1, 0.15) is 11.4 Å². The average Bonchev–Trinajstić information content (AvgIpc) is 3.12. The first-order chi connectivity index (χ1) is 15.0. The number of fused-ring (bicyclic) bond motifs is 2. The SMILES string of the molecule is Cc1ccc(-c2c(C)sc3ncn(CC(=O)N4CCCc5ccccc54)c(=O)c23)cc1. The predicted molar refractivity (Wildman–Crippen MR) is 126 cm³/mol. The molecule has 31 heavy (non-hydrogen) atoms. The molecule has 1 amide bonds. The van der Waals surface area contributed by atoms with E-state index in [1.165, 1.54) is 33.4 Å². The summed E-state index contributed by atoms with van der Waals surface area (Å²) in [4.78, 5) is 34.7. The minimum atomic E-state index is -0.163. The van der Waals surface area contributed by atoms with Crippen LogP contribution in [0, 0.1) is 13.8 Å². The second kappa shape index (κ2) is 7.78. The van der Waals surface area contributed by atoms with Gasteiger partial charge in [-0.1, -0.05) is 48.0 Å². The van der Waals surface area contributed by atoms with E-state index in [1.807, 2.05) is 56.3 Å². The zero-order valence-electron chi connectivity index (χ0n) is 17.6. The van der Waals surface area contributed by atoms with Crippen LogP contribution in [0.1, 0.15) is 22.4 Å². The topological polar surface area (TPSA) is 55.2 Å². The number of para-hydroxylation sites is 1. The molecule has 0 spiro atoms. The van der Waals surface area contributed by atoms with E-state index < -0.39 is 0 Å². The minimum absolute atomic E-state index is 0.0155. The number of hydrogen-bond acceptors (Lipinski definition) is 4. The molecule has 0 fully saturated rings. The summed E-state index contributed by atoms with van der Waals surface area (Å²) in [6, 6.07) is 16.2. The first-order valence-corrected chi connectivity index (χ1v) is 11.3. The molecule has 3 heterocycles. The highest BCUT2D eigenvalue weighted by Gasteiger charge is 2.24. The summed E-state index contributed by atoms with van der Waals surface area (Å²) < 4.78 is 1.45. The third-order valence-corrected chi connectivity index (χ3v) is 6.93. The Kier molecular flexibility index (Phi) is 4.94. The Bertz CT molecular complexity index is 1350. The molecule has 2 aromatic carbocycles. The second-order valence-electron chi connectivity index (χ2n) is 8.03. The number of carbonyl (C=O) groups excluding carboxylic acids is 1. The number of thiophene rings is 1. The van der Waals surface area contributed by atoms with E-state index in [0.29, 0.717) is 16.8 Å². The molecule has 0 saturated heterocycles. The average molecular weight is 430 g/mol. The molecule has 1 aliphatic rings. The number of carbonyl (C=O) groups is 1. The lowest BCUT2D eigenvalue weighted by Crippen LogP contribution is -2.39. The normalized spacial score (nSPS) is 13.4. The molecule has 0 bridgehead atoms. The summed E-state index contributed by atoms with van der Waals surface area (Å²) >= 11 is 1.52. The zero-order chi connectivity index (χ0) is 21.5. The van der Waals surface area contributed by atoms with E-state index >= 15 is 0 Å². The Morgan fingerprint density at radius 1 is 1.10 bits per heavy atom. The Labute approximate surface area is 184 Å². The first kappa shape index (κ1) is 19.7. The zero-order valence-corrected chi connectivity index (χ0v) is 18.4. The fraction of sp³-hybridized carbons (Fsp3) is 0.240. The van der Waals surface area contributed by atoms with Gasteiger partial charge >= 0.3 is 0 Å². The molecule has 0 N–H and O–H groups in total. The number of aromatic nitrogens is 2. The number of anilines is 1. The van der Waals surface area contributed by atoms with Crippen LogP contribution >= 0.6 is 11.3 Å². The van der Waals surface area contributed by atoms with Crippen LogP contribution in [-0.2, 0) is 17.8 Å². The van der Waals surface area contributed by atoms with E-state index in [-0.39, 0.29) is 18.0 Å². The maximum Gasteiger partial charge on any atom is 0.263 e. The minimum Gasteiger partial charge on any atom is -0.311 e. The van der Waals surface area contributed by atoms with Crippen LogP contribution < -0.4 is 10.5 Å². The van der Waals surface area contributed by atoms with E-state index in [1.54, 1.807) is 4.90 Å². The third-order valence-electron chi connectivity index (χ3n) is 5.91. The van der Waals surface area contributed by atoms with E-state index in [9.17, 15) is 9.59 Å². The quantitative estimate of drug-likeness (QED) is 0.473. The highest BCUT2D eigenvalue weighted by molar-refractivity contribution is 7.19. The highest BCUT2D eigenvalue weighted by atomic mass is 32.1. The fourth-order valence-electron chi connectivity index (χ4n) is 4.34. The first-order valence-electron chi connectivity index (χ1n) is 10.5. The third kappa shape index (κ3) is 3.47. The van der Waals surface area contributed by atoms with Gasteiger partial charge in [0.05, 0.1) is 11.7 Å². The van der Waals surface area contributed by atoms with Crippen molar-refractivity contribution in [1.82, 2.24) is 9.55 Å². The van der Waals surface area contributed by atoms with Gasteiger partial charge in [-0.15, -0.1) is 11.3 Å². The van der Waals surface area contributed by atoms with Crippen molar-refractivity contribution < 1.29 is 4.79 Å². The number of nitrogens with zero attached hydrogens (tertiary/aromatic N) is 3. The maximum absolute atomic E-state index is 13.4. The van der Waals surface area contributed by atoms with Gasteiger partial charge in [0.15, 0.2) is 0 Å². The molecule has 6 heteroatoms. The van der Waals surface area contributed by atoms with Crippen LogP contribution in [0.15, 0.2) is 59.7 Å². The largest absolute Gasteiger partial charge is 0.311 e. The monoisotopic (exact) mass is 429 g/mol. The van der Waals surface area contributed by atoms with Crippen molar-refractivity contribution in [3.8, 4) is 11.1 Å². The summed E-state index contributed by atoms with van der Waals surface area (Å²) in [5, 5.41) is 0.598. The molecular formula is C25H23N3O2S. The van der Waals surface area contributed by atoms with E-state index in [2.05, 4.69) is 11.1 Å². The predicted octanol–water partition coefficient (Wildman–Crippen LogP) is 4.72.